The Balaban J connectivity index is 3.02. The van der Waals surface area contributed by atoms with Crippen LogP contribution >= 0.6 is 0 Å². The van der Waals surface area contributed by atoms with E-state index in [4.69, 9.17) is 15.2 Å². The lowest BCUT2D eigenvalue weighted by Crippen LogP contribution is -2.00. The Kier molecular flexibility index (Phi) is 4.03. The van der Waals surface area contributed by atoms with Gasteiger partial charge in [-0.2, -0.15) is 0 Å². The van der Waals surface area contributed by atoms with Gasteiger partial charge >= 0.3 is 0 Å². The Morgan fingerprint density at radius 2 is 1.80 bits per heavy atom. The molecule has 15 heavy (non-hydrogen) atoms. The number of nitrogens with two attached hydrogens (primary N) is 1. The monoisotopic (exact) mass is 207 g/mol. The maximum atomic E-state index is 5.61. The number of benzene rings is 1. The number of rotatable bonds is 5. The molecule has 3 nitrogen and oxygen atoms in total. The summed E-state index contributed by atoms with van der Waals surface area (Å²) in [5.41, 5.74) is 7.00. The maximum absolute atomic E-state index is 5.61. The van der Waals surface area contributed by atoms with Crippen molar-refractivity contribution in [1.82, 2.24) is 0 Å². The van der Waals surface area contributed by atoms with Crippen molar-refractivity contribution in [3.8, 4) is 11.5 Å². The number of ether oxygens (including phenoxy) is 2. The zero-order valence-electron chi connectivity index (χ0n) is 9.25. The second-order valence-corrected chi connectivity index (χ2v) is 3.05. The van der Waals surface area contributed by atoms with Crippen molar-refractivity contribution < 1.29 is 9.47 Å². The van der Waals surface area contributed by atoms with E-state index in [1.165, 1.54) is 0 Å². The van der Waals surface area contributed by atoms with E-state index in [1.807, 2.05) is 32.0 Å². The summed E-state index contributed by atoms with van der Waals surface area (Å²) >= 11 is 0. The fraction of sp³-hybridized carbons (Fsp3) is 0.333. The average molecular weight is 207 g/mol. The number of hydrogen-bond acceptors (Lipinski definition) is 3. The molecule has 0 atom stereocenters. The molecule has 0 aliphatic carbocycles. The van der Waals surface area contributed by atoms with Crippen LogP contribution < -0.4 is 15.2 Å². The van der Waals surface area contributed by atoms with Gasteiger partial charge in [-0.15, -0.1) is 0 Å². The SMILES string of the molecule is C=C(N)c1ccc(OCC)c(OCC)c1. The van der Waals surface area contributed by atoms with Crippen LogP contribution in [0.2, 0.25) is 0 Å². The van der Waals surface area contributed by atoms with Gasteiger partial charge in [0.25, 0.3) is 0 Å². The van der Waals surface area contributed by atoms with Gasteiger partial charge in [0.1, 0.15) is 0 Å². The Morgan fingerprint density at radius 3 is 2.33 bits per heavy atom. The van der Waals surface area contributed by atoms with E-state index < -0.39 is 0 Å². The van der Waals surface area contributed by atoms with E-state index in [0.717, 1.165) is 11.3 Å². The van der Waals surface area contributed by atoms with Crippen molar-refractivity contribution in [3.63, 3.8) is 0 Å². The molecule has 3 heteroatoms. The predicted molar refractivity (Wildman–Crippen MR) is 62.0 cm³/mol. The molecule has 0 aliphatic rings. The van der Waals surface area contributed by atoms with E-state index >= 15 is 0 Å². The molecule has 1 aromatic rings. The van der Waals surface area contributed by atoms with Gasteiger partial charge in [0, 0.05) is 11.3 Å². The molecule has 1 rings (SSSR count). The molecule has 0 radical (unpaired) electrons. The van der Waals surface area contributed by atoms with Gasteiger partial charge in [0.05, 0.1) is 13.2 Å². The van der Waals surface area contributed by atoms with Crippen LogP contribution in [0.3, 0.4) is 0 Å². The van der Waals surface area contributed by atoms with Gasteiger partial charge in [0.2, 0.25) is 0 Å². The van der Waals surface area contributed by atoms with Gasteiger partial charge in [0.15, 0.2) is 11.5 Å². The molecular formula is C12H17NO2. The quantitative estimate of drug-likeness (QED) is 0.806. The molecule has 2 N–H and O–H groups in total. The average Bonchev–Trinajstić information content (AvgIpc) is 2.21. The van der Waals surface area contributed by atoms with E-state index in [2.05, 4.69) is 6.58 Å². The summed E-state index contributed by atoms with van der Waals surface area (Å²) in [6.45, 7) is 8.76. The summed E-state index contributed by atoms with van der Waals surface area (Å²) in [5.74, 6) is 1.45. The molecule has 0 unspecified atom stereocenters. The molecule has 0 aromatic heterocycles. The maximum Gasteiger partial charge on any atom is 0.161 e. The lowest BCUT2D eigenvalue weighted by Gasteiger charge is -2.12. The van der Waals surface area contributed by atoms with Crippen LogP contribution in [0.25, 0.3) is 5.70 Å². The Hall–Kier alpha value is -1.64. The molecule has 0 spiro atoms. The second-order valence-electron chi connectivity index (χ2n) is 3.05. The van der Waals surface area contributed by atoms with Gasteiger partial charge in [-0.25, -0.2) is 0 Å². The minimum Gasteiger partial charge on any atom is -0.490 e. The first kappa shape index (κ1) is 11.4. The fourth-order valence-corrected chi connectivity index (χ4v) is 1.25. The summed E-state index contributed by atoms with van der Waals surface area (Å²) < 4.78 is 10.9. The minimum atomic E-state index is 0.527. The molecule has 0 saturated carbocycles. The predicted octanol–water partition coefficient (Wildman–Crippen LogP) is 2.41. The zero-order chi connectivity index (χ0) is 11.3. The van der Waals surface area contributed by atoms with Crippen molar-refractivity contribution in [3.05, 3.63) is 30.3 Å². The van der Waals surface area contributed by atoms with Crippen molar-refractivity contribution in [2.75, 3.05) is 13.2 Å². The van der Waals surface area contributed by atoms with E-state index in [9.17, 15) is 0 Å². The van der Waals surface area contributed by atoms with Crippen LogP contribution in [0, 0.1) is 0 Å². The molecule has 0 amide bonds. The van der Waals surface area contributed by atoms with Gasteiger partial charge in [-0.3, -0.25) is 0 Å². The first-order valence-corrected chi connectivity index (χ1v) is 5.03. The van der Waals surface area contributed by atoms with Crippen molar-refractivity contribution in [2.24, 2.45) is 5.73 Å². The second kappa shape index (κ2) is 5.29. The third-order valence-corrected chi connectivity index (χ3v) is 1.91. The Bertz CT molecular complexity index is 347. The first-order valence-electron chi connectivity index (χ1n) is 5.03. The normalized spacial score (nSPS) is 9.73. The van der Waals surface area contributed by atoms with Crippen LogP contribution in [-0.2, 0) is 0 Å². The zero-order valence-corrected chi connectivity index (χ0v) is 9.25. The van der Waals surface area contributed by atoms with Crippen LogP contribution in [0.15, 0.2) is 24.8 Å². The van der Waals surface area contributed by atoms with Gasteiger partial charge < -0.3 is 15.2 Å². The third kappa shape index (κ3) is 2.91. The van der Waals surface area contributed by atoms with Gasteiger partial charge in [-0.05, 0) is 32.0 Å². The molecule has 0 fully saturated rings. The first-order chi connectivity index (χ1) is 7.19. The highest BCUT2D eigenvalue weighted by atomic mass is 16.5. The Morgan fingerprint density at radius 1 is 1.20 bits per heavy atom. The van der Waals surface area contributed by atoms with Crippen molar-refractivity contribution in [1.29, 1.82) is 0 Å². The summed E-state index contributed by atoms with van der Waals surface area (Å²) in [6, 6.07) is 5.56. The molecule has 1 aromatic carbocycles. The highest BCUT2D eigenvalue weighted by Gasteiger charge is 2.06. The van der Waals surface area contributed by atoms with Crippen LogP contribution in [0.5, 0.6) is 11.5 Å². The summed E-state index contributed by atoms with van der Waals surface area (Å²) in [6.07, 6.45) is 0. The van der Waals surface area contributed by atoms with Crippen LogP contribution in [0.4, 0.5) is 0 Å². The topological polar surface area (TPSA) is 44.5 Å². The summed E-state index contributed by atoms with van der Waals surface area (Å²) in [4.78, 5) is 0. The molecular weight excluding hydrogens is 190 g/mol. The third-order valence-electron chi connectivity index (χ3n) is 1.91. The molecule has 0 aliphatic heterocycles. The standard InChI is InChI=1S/C12H17NO2/c1-4-14-11-7-6-10(9(3)13)8-12(11)15-5-2/h6-8H,3-5,13H2,1-2H3. The molecule has 0 bridgehead atoms. The lowest BCUT2D eigenvalue weighted by molar-refractivity contribution is 0.287. The summed E-state index contributed by atoms with van der Waals surface area (Å²) in [7, 11) is 0. The fourth-order valence-electron chi connectivity index (χ4n) is 1.25. The van der Waals surface area contributed by atoms with E-state index in [1.54, 1.807) is 0 Å². The molecule has 82 valence electrons. The minimum absolute atomic E-state index is 0.527. The van der Waals surface area contributed by atoms with Crippen molar-refractivity contribution in [2.45, 2.75) is 13.8 Å². The van der Waals surface area contributed by atoms with Crippen LogP contribution in [-0.4, -0.2) is 13.2 Å². The molecule has 0 heterocycles. The largest absolute Gasteiger partial charge is 0.490 e. The van der Waals surface area contributed by atoms with Crippen LogP contribution in [0.1, 0.15) is 19.4 Å². The number of hydrogen-bond donors (Lipinski definition) is 1. The summed E-state index contributed by atoms with van der Waals surface area (Å²) in [5, 5.41) is 0. The van der Waals surface area contributed by atoms with E-state index in [-0.39, 0.29) is 0 Å². The van der Waals surface area contributed by atoms with Gasteiger partial charge in [-0.1, -0.05) is 6.58 Å². The van der Waals surface area contributed by atoms with E-state index in [0.29, 0.717) is 24.7 Å². The smallest absolute Gasteiger partial charge is 0.161 e. The lowest BCUT2D eigenvalue weighted by atomic mass is 10.1. The highest BCUT2D eigenvalue weighted by Crippen LogP contribution is 2.29. The highest BCUT2D eigenvalue weighted by molar-refractivity contribution is 5.63. The molecule has 0 saturated heterocycles. The van der Waals surface area contributed by atoms with Crippen molar-refractivity contribution >= 4 is 5.70 Å². The Labute approximate surface area is 90.5 Å².